The molecule has 10 heteroatoms. The first-order chi connectivity index (χ1) is 23.2. The first kappa shape index (κ1) is 33.4. The van der Waals surface area contributed by atoms with E-state index in [1.54, 1.807) is 0 Å². The number of anilines is 1. The van der Waals surface area contributed by atoms with E-state index in [9.17, 15) is 14.4 Å². The lowest BCUT2D eigenvalue weighted by Gasteiger charge is -2.28. The molecule has 1 atom stereocenters. The van der Waals surface area contributed by atoms with Gasteiger partial charge in [0.05, 0.1) is 11.0 Å². The van der Waals surface area contributed by atoms with Crippen LogP contribution in [-0.4, -0.2) is 59.4 Å². The molecule has 1 aromatic heterocycles. The number of rotatable bonds is 10. The van der Waals surface area contributed by atoms with E-state index in [0.29, 0.717) is 30.1 Å². The molecule has 1 saturated heterocycles. The smallest absolute Gasteiger partial charge is 0.251 e. The fourth-order valence-corrected chi connectivity index (χ4v) is 7.02. The van der Waals surface area contributed by atoms with Gasteiger partial charge in [0.15, 0.2) is 0 Å². The fourth-order valence-electron chi connectivity index (χ4n) is 7.02. The Balaban J connectivity index is 1.15. The Hall–Kier alpha value is -4.54. The Morgan fingerprint density at radius 3 is 2.38 bits per heavy atom. The third kappa shape index (κ3) is 8.11. The SMILES string of the molecule is Cc1nc2ccc(NC(=O)C(Cc3ccc(-c4ccc(C(=O)NC5CCNCC5)cc4C)cc3)NC(=O)C3CCC(CN)CC3)cc2[nH]1. The first-order valence-electron chi connectivity index (χ1n) is 17.2. The van der Waals surface area contributed by atoms with E-state index >= 15 is 0 Å². The molecule has 1 aliphatic heterocycles. The van der Waals surface area contributed by atoms with Crippen LogP contribution >= 0.6 is 0 Å². The zero-order valence-corrected chi connectivity index (χ0v) is 27.9. The number of imidazole rings is 1. The Labute approximate surface area is 282 Å². The van der Waals surface area contributed by atoms with Crippen LogP contribution in [0.15, 0.2) is 60.7 Å². The predicted octanol–water partition coefficient (Wildman–Crippen LogP) is 4.76. The zero-order valence-electron chi connectivity index (χ0n) is 27.9. The summed E-state index contributed by atoms with van der Waals surface area (Å²) in [6, 6.07) is 18.9. The molecule has 2 fully saturated rings. The molecule has 2 heterocycles. The number of amides is 3. The van der Waals surface area contributed by atoms with Crippen molar-refractivity contribution in [1.82, 2.24) is 25.9 Å². The van der Waals surface area contributed by atoms with E-state index in [1.165, 1.54) is 0 Å². The van der Waals surface area contributed by atoms with Crippen LogP contribution in [0.5, 0.6) is 0 Å². The first-order valence-corrected chi connectivity index (χ1v) is 17.2. The van der Waals surface area contributed by atoms with Crippen LogP contribution < -0.4 is 27.0 Å². The Kier molecular flexibility index (Phi) is 10.5. The number of carbonyl (C=O) groups is 3. The molecule has 1 aliphatic carbocycles. The molecule has 2 aliphatic rings. The van der Waals surface area contributed by atoms with Gasteiger partial charge in [0.2, 0.25) is 11.8 Å². The molecular formula is C38H47N7O3. The normalized spacial score (nSPS) is 19.1. The second-order valence-corrected chi connectivity index (χ2v) is 13.5. The number of H-pyrrole nitrogens is 1. The number of aromatic nitrogens is 2. The number of aryl methyl sites for hydroxylation is 2. The van der Waals surface area contributed by atoms with E-state index in [-0.39, 0.29) is 29.7 Å². The van der Waals surface area contributed by atoms with Gasteiger partial charge in [0, 0.05) is 29.6 Å². The highest BCUT2D eigenvalue weighted by molar-refractivity contribution is 5.99. The number of carbonyl (C=O) groups excluding carboxylic acids is 3. The summed E-state index contributed by atoms with van der Waals surface area (Å²) in [5.41, 5.74) is 12.8. The minimum atomic E-state index is -0.755. The van der Waals surface area contributed by atoms with Gasteiger partial charge in [-0.2, -0.15) is 0 Å². The summed E-state index contributed by atoms with van der Waals surface area (Å²) in [6.45, 7) is 6.40. The van der Waals surface area contributed by atoms with Crippen molar-refractivity contribution in [3.8, 4) is 11.1 Å². The van der Waals surface area contributed by atoms with Gasteiger partial charge in [0.1, 0.15) is 11.9 Å². The topological polar surface area (TPSA) is 154 Å². The summed E-state index contributed by atoms with van der Waals surface area (Å²) in [6.07, 6.45) is 5.65. The van der Waals surface area contributed by atoms with Crippen LogP contribution in [0.2, 0.25) is 0 Å². The highest BCUT2D eigenvalue weighted by Crippen LogP contribution is 2.29. The van der Waals surface area contributed by atoms with Crippen molar-refractivity contribution in [2.45, 2.75) is 70.9 Å². The van der Waals surface area contributed by atoms with Gasteiger partial charge in [0.25, 0.3) is 5.91 Å². The lowest BCUT2D eigenvalue weighted by molar-refractivity contribution is -0.130. The number of nitrogens with one attached hydrogen (secondary N) is 5. The molecule has 0 bridgehead atoms. The van der Waals surface area contributed by atoms with Gasteiger partial charge >= 0.3 is 0 Å². The molecular weight excluding hydrogens is 602 g/mol. The molecule has 4 aromatic rings. The summed E-state index contributed by atoms with van der Waals surface area (Å²) in [7, 11) is 0. The maximum atomic E-state index is 13.7. The van der Waals surface area contributed by atoms with Crippen LogP contribution in [0, 0.1) is 25.7 Å². The number of hydrogen-bond donors (Lipinski definition) is 6. The van der Waals surface area contributed by atoms with Gasteiger partial charge < -0.3 is 32.0 Å². The molecule has 0 radical (unpaired) electrons. The fraction of sp³-hybridized carbons (Fsp3) is 0.421. The van der Waals surface area contributed by atoms with Crippen molar-refractivity contribution in [1.29, 1.82) is 0 Å². The summed E-state index contributed by atoms with van der Waals surface area (Å²) >= 11 is 0. The number of fused-ring (bicyclic) bond motifs is 1. The number of hydrogen-bond acceptors (Lipinski definition) is 6. The molecule has 7 N–H and O–H groups in total. The van der Waals surface area contributed by atoms with E-state index in [0.717, 1.165) is 90.7 Å². The maximum absolute atomic E-state index is 13.7. The lowest BCUT2D eigenvalue weighted by atomic mass is 9.81. The zero-order chi connectivity index (χ0) is 33.6. The van der Waals surface area contributed by atoms with Gasteiger partial charge in [-0.3, -0.25) is 14.4 Å². The molecule has 1 saturated carbocycles. The molecule has 3 amide bonds. The van der Waals surface area contributed by atoms with Crippen molar-refractivity contribution in [3.05, 3.63) is 83.2 Å². The third-order valence-electron chi connectivity index (χ3n) is 9.92. The van der Waals surface area contributed by atoms with E-state index in [2.05, 4.69) is 31.2 Å². The van der Waals surface area contributed by atoms with Gasteiger partial charge in [-0.15, -0.1) is 0 Å². The van der Waals surface area contributed by atoms with Gasteiger partial charge in [-0.1, -0.05) is 30.3 Å². The van der Waals surface area contributed by atoms with Gasteiger partial charge in [-0.05, 0) is 131 Å². The highest BCUT2D eigenvalue weighted by Gasteiger charge is 2.29. The minimum absolute atomic E-state index is 0.0368. The summed E-state index contributed by atoms with van der Waals surface area (Å²) in [5.74, 6) is 0.752. The van der Waals surface area contributed by atoms with Crippen molar-refractivity contribution in [3.63, 3.8) is 0 Å². The van der Waals surface area contributed by atoms with Gasteiger partial charge in [-0.25, -0.2) is 4.98 Å². The van der Waals surface area contributed by atoms with Crippen molar-refractivity contribution in [2.24, 2.45) is 17.6 Å². The Bertz CT molecular complexity index is 1750. The Morgan fingerprint density at radius 1 is 0.917 bits per heavy atom. The number of aromatic amines is 1. The summed E-state index contributed by atoms with van der Waals surface area (Å²) in [4.78, 5) is 47.7. The van der Waals surface area contributed by atoms with E-state index in [1.807, 2.05) is 74.5 Å². The van der Waals surface area contributed by atoms with Crippen molar-refractivity contribution in [2.75, 3.05) is 25.0 Å². The molecule has 3 aromatic carbocycles. The second-order valence-electron chi connectivity index (χ2n) is 13.5. The average Bonchev–Trinajstić information content (AvgIpc) is 3.48. The number of benzene rings is 3. The lowest BCUT2D eigenvalue weighted by Crippen LogP contribution is -2.48. The van der Waals surface area contributed by atoms with Crippen LogP contribution in [0.1, 0.15) is 65.8 Å². The third-order valence-corrected chi connectivity index (χ3v) is 9.92. The average molecular weight is 650 g/mol. The molecule has 48 heavy (non-hydrogen) atoms. The predicted molar refractivity (Wildman–Crippen MR) is 190 cm³/mol. The summed E-state index contributed by atoms with van der Waals surface area (Å²) < 4.78 is 0. The van der Waals surface area contributed by atoms with Crippen LogP contribution in [-0.2, 0) is 16.0 Å². The van der Waals surface area contributed by atoms with Crippen LogP contribution in [0.4, 0.5) is 5.69 Å². The van der Waals surface area contributed by atoms with Crippen molar-refractivity contribution < 1.29 is 14.4 Å². The second kappa shape index (κ2) is 15.1. The minimum Gasteiger partial charge on any atom is -0.349 e. The van der Waals surface area contributed by atoms with Crippen LogP contribution in [0.25, 0.3) is 22.2 Å². The molecule has 10 nitrogen and oxygen atoms in total. The maximum Gasteiger partial charge on any atom is 0.251 e. The van der Waals surface area contributed by atoms with E-state index < -0.39 is 6.04 Å². The molecule has 252 valence electrons. The largest absolute Gasteiger partial charge is 0.349 e. The van der Waals surface area contributed by atoms with Crippen LogP contribution in [0.3, 0.4) is 0 Å². The number of piperidine rings is 1. The Morgan fingerprint density at radius 2 is 1.67 bits per heavy atom. The summed E-state index contributed by atoms with van der Waals surface area (Å²) in [5, 5.41) is 12.6. The highest BCUT2D eigenvalue weighted by atomic mass is 16.2. The molecule has 0 spiro atoms. The quantitative estimate of drug-likeness (QED) is 0.146. The number of nitrogens with zero attached hydrogens (tertiary/aromatic N) is 1. The number of nitrogens with two attached hydrogens (primary N) is 1. The monoisotopic (exact) mass is 649 g/mol. The molecule has 1 unspecified atom stereocenters. The standard InChI is InChI=1S/C38H47N7O3/c1-23-19-29(37(47)43-30-15-17-40-18-16-30)11-13-32(23)27-7-3-25(4-8-27)20-35(45-36(46)28-9-5-26(22-39)6-10-28)38(48)44-31-12-14-33-34(21-31)42-24(2)41-33/h3-4,7-8,11-14,19,21,26,28,30,35,40H,5-6,9-10,15-18,20,22,39H2,1-2H3,(H,41,42)(H,43,47)(H,44,48)(H,45,46). The molecule has 6 rings (SSSR count). The van der Waals surface area contributed by atoms with Crippen molar-refractivity contribution >= 4 is 34.4 Å². The van der Waals surface area contributed by atoms with E-state index in [4.69, 9.17) is 5.73 Å².